The van der Waals surface area contributed by atoms with Crippen molar-refractivity contribution < 1.29 is 33.0 Å². The highest BCUT2D eigenvalue weighted by Crippen LogP contribution is 2.37. The number of amides is 2. The number of fused-ring (bicyclic) bond motifs is 1. The van der Waals surface area contributed by atoms with Crippen LogP contribution in [-0.4, -0.2) is 63.2 Å². The van der Waals surface area contributed by atoms with Crippen LogP contribution in [0.1, 0.15) is 64.0 Å². The quantitative estimate of drug-likeness (QED) is 0.384. The number of ether oxygens (including phenoxy) is 1. The zero-order chi connectivity index (χ0) is 28.2. The van der Waals surface area contributed by atoms with Gasteiger partial charge in [-0.3, -0.25) is 9.59 Å². The number of rotatable bonds is 10. The summed E-state index contributed by atoms with van der Waals surface area (Å²) in [6, 6.07) is 5.65. The average molecular weight is 549 g/mol. The average Bonchev–Trinajstić information content (AvgIpc) is 3.51. The molecule has 2 aromatic rings. The number of hydrogen-bond donors (Lipinski definition) is 3. The summed E-state index contributed by atoms with van der Waals surface area (Å²) in [5.41, 5.74) is -0.984. The molecule has 1 saturated heterocycles. The Labute approximate surface area is 224 Å². The number of aromatic amines is 1. The molecule has 1 aliphatic heterocycles. The summed E-state index contributed by atoms with van der Waals surface area (Å²) in [6.45, 7) is 2.01. The second-order valence-corrected chi connectivity index (χ2v) is 10.6. The molecule has 2 unspecified atom stereocenters. The number of nitrogens with one attached hydrogen (secondary N) is 2. The summed E-state index contributed by atoms with van der Waals surface area (Å²) in [4.78, 5) is 55.9. The summed E-state index contributed by atoms with van der Waals surface area (Å²) in [5, 5.41) is 11.6. The number of aliphatic carboxylic acids is 1. The van der Waals surface area contributed by atoms with E-state index in [1.165, 1.54) is 4.90 Å². The maximum Gasteiger partial charge on any atom is 0.407 e. The van der Waals surface area contributed by atoms with Gasteiger partial charge in [0.1, 0.15) is 18.7 Å². The molecule has 4 rings (SSSR count). The van der Waals surface area contributed by atoms with Crippen molar-refractivity contribution in [3.05, 3.63) is 40.3 Å². The predicted molar refractivity (Wildman–Crippen MR) is 137 cm³/mol. The van der Waals surface area contributed by atoms with Crippen LogP contribution in [0.5, 0.6) is 0 Å². The van der Waals surface area contributed by atoms with Crippen molar-refractivity contribution in [1.82, 2.24) is 20.2 Å². The maximum atomic E-state index is 14.9. The molecule has 2 heterocycles. The lowest BCUT2D eigenvalue weighted by atomic mass is 9.96. The SMILES string of the molecule is C[C@@H]1CC(CCCCC(F)(F)c2nc3ccccc3[nH]c2=O)[C@H](OC(=O)NCC(=O)N2CCCC2C(=O)O)C1. The van der Waals surface area contributed by atoms with Crippen molar-refractivity contribution in [3.8, 4) is 0 Å². The van der Waals surface area contributed by atoms with Crippen LogP contribution in [0.2, 0.25) is 0 Å². The van der Waals surface area contributed by atoms with E-state index in [-0.39, 0.29) is 24.8 Å². The highest BCUT2D eigenvalue weighted by atomic mass is 19.3. The lowest BCUT2D eigenvalue weighted by Crippen LogP contribution is -2.46. The van der Waals surface area contributed by atoms with E-state index in [9.17, 15) is 33.1 Å². The van der Waals surface area contributed by atoms with Crippen LogP contribution >= 0.6 is 0 Å². The van der Waals surface area contributed by atoms with Gasteiger partial charge in [-0.05, 0) is 62.5 Å². The Hall–Kier alpha value is -3.57. The fourth-order valence-corrected chi connectivity index (χ4v) is 5.70. The Balaban J connectivity index is 1.24. The number of carbonyl (C=O) groups excluding carboxylic acids is 2. The van der Waals surface area contributed by atoms with E-state index in [0.717, 1.165) is 6.42 Å². The number of hydrogen-bond acceptors (Lipinski definition) is 6. The lowest BCUT2D eigenvalue weighted by Gasteiger charge is -2.23. The van der Waals surface area contributed by atoms with E-state index in [1.54, 1.807) is 24.3 Å². The van der Waals surface area contributed by atoms with Crippen molar-refractivity contribution in [2.24, 2.45) is 11.8 Å². The van der Waals surface area contributed by atoms with Gasteiger partial charge in [0, 0.05) is 13.0 Å². The summed E-state index contributed by atoms with van der Waals surface area (Å²) in [5.74, 6) is -4.64. The third-order valence-electron chi connectivity index (χ3n) is 7.63. The van der Waals surface area contributed by atoms with Crippen molar-refractivity contribution >= 4 is 29.0 Å². The summed E-state index contributed by atoms with van der Waals surface area (Å²) in [7, 11) is 0. The van der Waals surface area contributed by atoms with Gasteiger partial charge in [-0.2, -0.15) is 8.78 Å². The van der Waals surface area contributed by atoms with E-state index in [1.807, 2.05) is 6.92 Å². The monoisotopic (exact) mass is 548 g/mol. The molecule has 39 heavy (non-hydrogen) atoms. The first-order chi connectivity index (χ1) is 18.5. The minimum atomic E-state index is -3.38. The fraction of sp³-hybridized carbons (Fsp3) is 0.593. The highest BCUT2D eigenvalue weighted by Gasteiger charge is 2.38. The number of unbranched alkanes of at least 4 members (excludes halogenated alkanes) is 1. The number of nitrogens with zero attached hydrogens (tertiary/aromatic N) is 2. The Morgan fingerprint density at radius 1 is 1.23 bits per heavy atom. The van der Waals surface area contributed by atoms with E-state index >= 15 is 0 Å². The molecule has 0 bridgehead atoms. The molecule has 2 amide bonds. The van der Waals surface area contributed by atoms with Crippen molar-refractivity contribution in [2.75, 3.05) is 13.1 Å². The molecule has 1 aromatic heterocycles. The molecule has 3 N–H and O–H groups in total. The molecule has 0 spiro atoms. The fourth-order valence-electron chi connectivity index (χ4n) is 5.70. The third kappa shape index (κ3) is 6.90. The van der Waals surface area contributed by atoms with Crippen molar-refractivity contribution in [3.63, 3.8) is 0 Å². The number of carboxylic acid groups (broad SMARTS) is 1. The number of carboxylic acids is 1. The van der Waals surface area contributed by atoms with Gasteiger partial charge in [0.2, 0.25) is 5.91 Å². The molecule has 4 atom stereocenters. The molecular formula is C27H34F2N4O6. The normalized spacial score (nSPS) is 23.2. The number of benzene rings is 1. The molecule has 1 saturated carbocycles. The van der Waals surface area contributed by atoms with E-state index < -0.39 is 53.7 Å². The Morgan fingerprint density at radius 2 is 2.00 bits per heavy atom. The molecule has 10 nitrogen and oxygen atoms in total. The number of para-hydroxylation sites is 2. The molecule has 2 fully saturated rings. The molecule has 1 aromatic carbocycles. The maximum absolute atomic E-state index is 14.9. The topological polar surface area (TPSA) is 142 Å². The lowest BCUT2D eigenvalue weighted by molar-refractivity contribution is -0.147. The van der Waals surface area contributed by atoms with Gasteiger partial charge in [0.05, 0.1) is 11.0 Å². The molecule has 2 aliphatic rings. The largest absolute Gasteiger partial charge is 0.480 e. The number of alkyl carbamates (subject to hydrolysis) is 1. The first kappa shape index (κ1) is 28.4. The number of alkyl halides is 2. The number of H-pyrrole nitrogens is 1. The van der Waals surface area contributed by atoms with Crippen LogP contribution in [-0.2, 0) is 20.2 Å². The number of aromatic nitrogens is 2. The number of likely N-dealkylation sites (tertiary alicyclic amines) is 1. The van der Waals surface area contributed by atoms with E-state index in [2.05, 4.69) is 15.3 Å². The van der Waals surface area contributed by atoms with Gasteiger partial charge in [0.15, 0.2) is 5.69 Å². The van der Waals surface area contributed by atoms with Gasteiger partial charge >= 0.3 is 12.1 Å². The second kappa shape index (κ2) is 12.1. The van der Waals surface area contributed by atoms with Crippen LogP contribution in [0.3, 0.4) is 0 Å². The standard InChI is InChI=1S/C27H34F2N4O6/c1-16-13-17(21(14-16)39-26(38)30-15-22(34)33-12-6-10-20(33)25(36)37)7-4-5-11-27(28,29)23-24(35)32-19-9-3-2-8-18(19)31-23/h2-3,8-9,16-17,20-21H,4-7,10-15H2,1H3,(H,30,38)(H,32,35)(H,36,37)/t16-,17?,20?,21-/m1/s1. The first-order valence-corrected chi connectivity index (χ1v) is 13.4. The van der Waals surface area contributed by atoms with Gasteiger partial charge < -0.3 is 25.0 Å². The molecule has 12 heteroatoms. The Bertz CT molecular complexity index is 1270. The van der Waals surface area contributed by atoms with E-state index in [4.69, 9.17) is 4.74 Å². The van der Waals surface area contributed by atoms with Gasteiger partial charge in [0.25, 0.3) is 11.5 Å². The summed E-state index contributed by atoms with van der Waals surface area (Å²) >= 11 is 0. The zero-order valence-corrected chi connectivity index (χ0v) is 21.8. The smallest absolute Gasteiger partial charge is 0.407 e. The van der Waals surface area contributed by atoms with Crippen LogP contribution in [0.25, 0.3) is 11.0 Å². The predicted octanol–water partition coefficient (Wildman–Crippen LogP) is 3.79. The third-order valence-corrected chi connectivity index (χ3v) is 7.63. The Morgan fingerprint density at radius 3 is 2.77 bits per heavy atom. The Kier molecular flexibility index (Phi) is 8.81. The number of halogens is 2. The molecular weight excluding hydrogens is 514 g/mol. The van der Waals surface area contributed by atoms with Gasteiger partial charge in [-0.1, -0.05) is 25.5 Å². The van der Waals surface area contributed by atoms with Gasteiger partial charge in [-0.25, -0.2) is 14.6 Å². The molecule has 0 radical (unpaired) electrons. The first-order valence-electron chi connectivity index (χ1n) is 13.4. The van der Waals surface area contributed by atoms with Crippen LogP contribution in [0.15, 0.2) is 29.1 Å². The number of carbonyl (C=O) groups is 3. The minimum absolute atomic E-state index is 0.00718. The summed E-state index contributed by atoms with van der Waals surface area (Å²) < 4.78 is 35.3. The zero-order valence-electron chi connectivity index (χ0n) is 21.8. The van der Waals surface area contributed by atoms with Crippen LogP contribution < -0.4 is 10.9 Å². The molecule has 212 valence electrons. The van der Waals surface area contributed by atoms with Crippen LogP contribution in [0.4, 0.5) is 13.6 Å². The highest BCUT2D eigenvalue weighted by molar-refractivity contribution is 5.87. The van der Waals surface area contributed by atoms with Crippen LogP contribution in [0, 0.1) is 11.8 Å². The van der Waals surface area contributed by atoms with Crippen molar-refractivity contribution in [2.45, 2.75) is 76.4 Å². The van der Waals surface area contributed by atoms with E-state index in [0.29, 0.717) is 49.7 Å². The van der Waals surface area contributed by atoms with Gasteiger partial charge in [-0.15, -0.1) is 0 Å². The summed E-state index contributed by atoms with van der Waals surface area (Å²) in [6.07, 6.45) is 1.91. The minimum Gasteiger partial charge on any atom is -0.480 e. The second-order valence-electron chi connectivity index (χ2n) is 10.6. The van der Waals surface area contributed by atoms with Crippen molar-refractivity contribution in [1.29, 1.82) is 0 Å². The molecule has 1 aliphatic carbocycles.